The lowest BCUT2D eigenvalue weighted by Gasteiger charge is -2.09. The maximum atomic E-state index is 11.2. The van der Waals surface area contributed by atoms with Crippen molar-refractivity contribution in [2.45, 2.75) is 6.92 Å². The Labute approximate surface area is 108 Å². The second-order valence-corrected chi connectivity index (χ2v) is 5.88. The van der Waals surface area contributed by atoms with Gasteiger partial charge in [-0.15, -0.1) is 0 Å². The largest absolute Gasteiger partial charge is 0.287 e. The van der Waals surface area contributed by atoms with E-state index < -0.39 is 15.8 Å². The van der Waals surface area contributed by atoms with Gasteiger partial charge in [0.2, 0.25) is 5.78 Å². The Balaban J connectivity index is 3.33. The molecule has 0 spiro atoms. The van der Waals surface area contributed by atoms with Gasteiger partial charge in [0.15, 0.2) is 0 Å². The monoisotopic (exact) mass is 301 g/mol. The van der Waals surface area contributed by atoms with Gasteiger partial charge in [-0.2, -0.15) is 4.40 Å². The number of carbonyl (C=O) groups is 1. The summed E-state index contributed by atoms with van der Waals surface area (Å²) in [6, 6.07) is 0. The first-order valence-electron chi connectivity index (χ1n) is 4.08. The van der Waals surface area contributed by atoms with E-state index in [4.69, 9.17) is 34.8 Å². The van der Waals surface area contributed by atoms with E-state index in [2.05, 4.69) is 4.40 Å². The molecule has 0 atom stereocenters. The fraction of sp³-hybridized carbons (Fsp3) is 0.250. The van der Waals surface area contributed by atoms with Crippen molar-refractivity contribution in [2.24, 2.45) is 4.40 Å². The predicted octanol–water partition coefficient (Wildman–Crippen LogP) is 2.17. The third-order valence-electron chi connectivity index (χ3n) is 1.70. The standard InChI is InChI=1S/C8H6Cl3NO3S/c1-2-16(14,15)12-5-3-4(9)8(13)7(11)6(5)10/h3H,2H2,1H3. The molecule has 0 saturated carbocycles. The summed E-state index contributed by atoms with van der Waals surface area (Å²) in [5, 5.41) is -0.772. The first-order valence-corrected chi connectivity index (χ1v) is 6.83. The van der Waals surface area contributed by atoms with E-state index in [1.165, 1.54) is 6.92 Å². The van der Waals surface area contributed by atoms with E-state index in [-0.39, 0.29) is 26.6 Å². The second-order valence-electron chi connectivity index (χ2n) is 2.80. The highest BCUT2D eigenvalue weighted by Gasteiger charge is 2.25. The van der Waals surface area contributed by atoms with Crippen LogP contribution in [0.25, 0.3) is 0 Å². The number of carbonyl (C=O) groups excluding carboxylic acids is 1. The van der Waals surface area contributed by atoms with Crippen LogP contribution < -0.4 is 0 Å². The molecule has 0 amide bonds. The smallest absolute Gasteiger partial charge is 0.253 e. The molecule has 4 nitrogen and oxygen atoms in total. The molecule has 0 radical (unpaired) electrons. The highest BCUT2D eigenvalue weighted by Crippen LogP contribution is 2.27. The molecule has 16 heavy (non-hydrogen) atoms. The van der Waals surface area contributed by atoms with Crippen LogP contribution in [0.2, 0.25) is 0 Å². The summed E-state index contributed by atoms with van der Waals surface area (Å²) in [4.78, 5) is 11.2. The second kappa shape index (κ2) is 4.87. The van der Waals surface area contributed by atoms with Gasteiger partial charge in [0.1, 0.15) is 5.03 Å². The molecular formula is C8H6Cl3NO3S. The van der Waals surface area contributed by atoms with Crippen molar-refractivity contribution < 1.29 is 13.2 Å². The number of sulfonamides is 1. The predicted molar refractivity (Wildman–Crippen MR) is 64.6 cm³/mol. The minimum absolute atomic E-state index is 0.127. The van der Waals surface area contributed by atoms with Gasteiger partial charge in [0.25, 0.3) is 10.0 Å². The molecule has 0 aromatic rings. The van der Waals surface area contributed by atoms with Gasteiger partial charge < -0.3 is 0 Å². The minimum atomic E-state index is -3.62. The number of allylic oxidation sites excluding steroid dienone is 4. The zero-order chi connectivity index (χ0) is 12.5. The van der Waals surface area contributed by atoms with Gasteiger partial charge in [-0.05, 0) is 13.0 Å². The number of hydrogen-bond donors (Lipinski definition) is 0. The molecule has 0 aromatic carbocycles. The molecule has 0 aromatic heterocycles. The average Bonchev–Trinajstić information content (AvgIpc) is 2.22. The average molecular weight is 303 g/mol. The molecule has 1 aliphatic carbocycles. The first kappa shape index (κ1) is 13.7. The lowest BCUT2D eigenvalue weighted by Crippen LogP contribution is -2.14. The van der Waals surface area contributed by atoms with Crippen LogP contribution in [-0.2, 0) is 14.8 Å². The fourth-order valence-electron chi connectivity index (χ4n) is 0.847. The van der Waals surface area contributed by atoms with Crippen molar-refractivity contribution in [2.75, 3.05) is 5.75 Å². The van der Waals surface area contributed by atoms with Crippen LogP contribution in [0.1, 0.15) is 6.92 Å². The number of ketones is 1. The SMILES string of the molecule is CCS(=O)(=O)N=C1C=C(Cl)C(=O)C(Cl)=C1Cl. The van der Waals surface area contributed by atoms with Gasteiger partial charge in [0, 0.05) is 0 Å². The van der Waals surface area contributed by atoms with Crippen LogP contribution in [0.4, 0.5) is 0 Å². The summed E-state index contributed by atoms with van der Waals surface area (Å²) in [7, 11) is -3.62. The van der Waals surface area contributed by atoms with E-state index in [9.17, 15) is 13.2 Å². The molecule has 88 valence electrons. The first-order chi connectivity index (χ1) is 7.28. The van der Waals surface area contributed by atoms with Crippen LogP contribution in [0.5, 0.6) is 0 Å². The molecule has 0 saturated heterocycles. The Kier molecular flexibility index (Phi) is 4.17. The van der Waals surface area contributed by atoms with Crippen molar-refractivity contribution in [3.05, 3.63) is 21.2 Å². The van der Waals surface area contributed by atoms with Gasteiger partial charge in [0.05, 0.1) is 21.5 Å². The third kappa shape index (κ3) is 2.85. The lowest BCUT2D eigenvalue weighted by molar-refractivity contribution is -0.111. The normalized spacial score (nSPS) is 20.4. The molecule has 0 aliphatic heterocycles. The van der Waals surface area contributed by atoms with Gasteiger partial charge >= 0.3 is 0 Å². The van der Waals surface area contributed by atoms with E-state index in [1.54, 1.807) is 0 Å². The molecular weight excluding hydrogens is 297 g/mol. The zero-order valence-electron chi connectivity index (χ0n) is 8.00. The van der Waals surface area contributed by atoms with Crippen molar-refractivity contribution >= 4 is 56.3 Å². The number of Topliss-reactive ketones (excluding diaryl/α,β-unsaturated/α-hetero) is 1. The van der Waals surface area contributed by atoms with E-state index >= 15 is 0 Å². The molecule has 8 heteroatoms. The van der Waals surface area contributed by atoms with Crippen molar-refractivity contribution in [3.63, 3.8) is 0 Å². The molecule has 0 heterocycles. The highest BCUT2D eigenvalue weighted by molar-refractivity contribution is 7.90. The van der Waals surface area contributed by atoms with Crippen molar-refractivity contribution in [3.8, 4) is 0 Å². The van der Waals surface area contributed by atoms with Crippen LogP contribution in [0.3, 0.4) is 0 Å². The Hall–Kier alpha value is -0.360. The Morgan fingerprint density at radius 1 is 1.25 bits per heavy atom. The number of rotatable bonds is 2. The van der Waals surface area contributed by atoms with Gasteiger partial charge in [-0.25, -0.2) is 8.42 Å². The van der Waals surface area contributed by atoms with Crippen LogP contribution in [-0.4, -0.2) is 25.7 Å². The molecule has 0 fully saturated rings. The Bertz CT molecular complexity index is 531. The van der Waals surface area contributed by atoms with Crippen LogP contribution in [0, 0.1) is 0 Å². The molecule has 1 aliphatic rings. The summed E-state index contributed by atoms with van der Waals surface area (Å²) >= 11 is 16.8. The molecule has 0 bridgehead atoms. The Morgan fingerprint density at radius 3 is 2.31 bits per heavy atom. The topological polar surface area (TPSA) is 63.6 Å². The maximum Gasteiger partial charge on any atom is 0.253 e. The minimum Gasteiger partial charge on any atom is -0.287 e. The lowest BCUT2D eigenvalue weighted by atomic mass is 10.1. The zero-order valence-corrected chi connectivity index (χ0v) is 11.1. The third-order valence-corrected chi connectivity index (χ3v) is 4.02. The fourth-order valence-corrected chi connectivity index (χ4v) is 2.10. The molecule has 1 rings (SSSR count). The summed E-state index contributed by atoms with van der Waals surface area (Å²) in [6.07, 6.45) is 1.07. The maximum absolute atomic E-state index is 11.2. The quantitative estimate of drug-likeness (QED) is 0.734. The van der Waals surface area contributed by atoms with E-state index in [0.717, 1.165) is 6.08 Å². The molecule has 0 N–H and O–H groups in total. The number of hydrogen-bond acceptors (Lipinski definition) is 3. The van der Waals surface area contributed by atoms with E-state index in [1.807, 2.05) is 0 Å². The summed E-state index contributed by atoms with van der Waals surface area (Å²) in [5.41, 5.74) is -0.127. The number of halogens is 3. The Morgan fingerprint density at radius 2 is 1.81 bits per heavy atom. The summed E-state index contributed by atoms with van der Waals surface area (Å²) in [6.45, 7) is 1.43. The number of nitrogens with zero attached hydrogens (tertiary/aromatic N) is 1. The van der Waals surface area contributed by atoms with Gasteiger partial charge in [-0.3, -0.25) is 4.79 Å². The van der Waals surface area contributed by atoms with Crippen molar-refractivity contribution in [1.82, 2.24) is 0 Å². The van der Waals surface area contributed by atoms with Gasteiger partial charge in [-0.1, -0.05) is 34.8 Å². The summed E-state index contributed by atoms with van der Waals surface area (Å²) in [5.74, 6) is -0.835. The van der Waals surface area contributed by atoms with Crippen molar-refractivity contribution in [1.29, 1.82) is 0 Å². The van der Waals surface area contributed by atoms with E-state index in [0.29, 0.717) is 0 Å². The van der Waals surface area contributed by atoms with Crippen LogP contribution >= 0.6 is 34.8 Å². The summed E-state index contributed by atoms with van der Waals surface area (Å²) < 4.78 is 25.9. The highest BCUT2D eigenvalue weighted by atomic mass is 35.5. The molecule has 0 unspecified atom stereocenters. The van der Waals surface area contributed by atoms with Crippen LogP contribution in [0.15, 0.2) is 25.6 Å².